The highest BCUT2D eigenvalue weighted by molar-refractivity contribution is 6.06. The van der Waals surface area contributed by atoms with Crippen LogP contribution in [0.2, 0.25) is 0 Å². The van der Waals surface area contributed by atoms with Crippen molar-refractivity contribution in [2.24, 2.45) is 5.92 Å². The number of likely N-dealkylation sites (tertiary alicyclic amines) is 2. The second-order valence-electron chi connectivity index (χ2n) is 13.6. The molecule has 2 aliphatic heterocycles. The standard InChI is InChI=1S/C36H43N5O4/c1-36(2,3)45-35(44)41-18-8-12-27(41)23-40-17-7-9-24(22-40)15-16-31(42)28-13-6-14-29-34(28)39-33(38-29)20-32(43)30-19-25-10-4-5-11-26(25)21-37-30/h4-6,10-11,13-14,19,21,24,27H,7-9,12,15-18,20,22-23H2,1-3H3,(H,38,39)/t24?,27-/m0/s1. The molecule has 6 rings (SSSR count). The highest BCUT2D eigenvalue weighted by Crippen LogP contribution is 2.27. The van der Waals surface area contributed by atoms with Crippen LogP contribution >= 0.6 is 0 Å². The maximum Gasteiger partial charge on any atom is 0.410 e. The van der Waals surface area contributed by atoms with Gasteiger partial charge < -0.3 is 19.5 Å². The fourth-order valence-corrected chi connectivity index (χ4v) is 6.78. The Morgan fingerprint density at radius 2 is 1.78 bits per heavy atom. The van der Waals surface area contributed by atoms with E-state index in [9.17, 15) is 14.4 Å². The number of aromatic nitrogens is 3. The van der Waals surface area contributed by atoms with Crippen LogP contribution in [0.1, 0.15) is 86.0 Å². The van der Waals surface area contributed by atoms with Gasteiger partial charge in [-0.25, -0.2) is 9.78 Å². The van der Waals surface area contributed by atoms with Gasteiger partial charge in [-0.05, 0) is 88.9 Å². The third-order valence-electron chi connectivity index (χ3n) is 8.96. The zero-order chi connectivity index (χ0) is 31.6. The fraction of sp³-hybridized carbons (Fsp3) is 0.472. The van der Waals surface area contributed by atoms with Crippen molar-refractivity contribution in [3.8, 4) is 0 Å². The van der Waals surface area contributed by atoms with Gasteiger partial charge in [-0.1, -0.05) is 30.3 Å². The minimum atomic E-state index is -0.498. The molecule has 2 aromatic carbocycles. The number of hydrogen-bond acceptors (Lipinski definition) is 7. The number of H-pyrrole nitrogens is 1. The molecule has 0 radical (unpaired) electrons. The normalized spacial score (nSPS) is 19.3. The molecule has 1 amide bonds. The van der Waals surface area contributed by atoms with Gasteiger partial charge in [-0.3, -0.25) is 14.6 Å². The first-order valence-corrected chi connectivity index (χ1v) is 16.2. The largest absolute Gasteiger partial charge is 0.444 e. The molecule has 4 aromatic rings. The monoisotopic (exact) mass is 609 g/mol. The Bertz CT molecular complexity index is 1710. The number of nitrogens with one attached hydrogen (secondary N) is 1. The molecule has 0 aliphatic carbocycles. The lowest BCUT2D eigenvalue weighted by atomic mass is 9.91. The van der Waals surface area contributed by atoms with Crippen LogP contribution in [0.4, 0.5) is 4.79 Å². The molecule has 0 spiro atoms. The fourth-order valence-electron chi connectivity index (χ4n) is 6.78. The second-order valence-corrected chi connectivity index (χ2v) is 13.6. The highest BCUT2D eigenvalue weighted by atomic mass is 16.6. The van der Waals surface area contributed by atoms with Crippen LogP contribution in [0.3, 0.4) is 0 Å². The maximum absolute atomic E-state index is 13.5. The van der Waals surface area contributed by atoms with Crippen LogP contribution in [-0.2, 0) is 11.2 Å². The van der Waals surface area contributed by atoms with E-state index >= 15 is 0 Å². The molecule has 2 aromatic heterocycles. The van der Waals surface area contributed by atoms with Crippen molar-refractivity contribution in [3.63, 3.8) is 0 Å². The molecule has 2 atom stereocenters. The van der Waals surface area contributed by atoms with Crippen LogP contribution in [-0.4, -0.2) is 80.2 Å². The SMILES string of the molecule is CC(C)(C)OC(=O)N1CCC[C@H]1CN1CCCC(CCC(=O)c2cccc3[nH]c(CC(=O)c4cc5ccccc5cn4)nc23)C1. The van der Waals surface area contributed by atoms with E-state index in [0.29, 0.717) is 34.9 Å². The van der Waals surface area contributed by atoms with E-state index in [4.69, 9.17) is 9.72 Å². The Morgan fingerprint density at radius 1 is 0.978 bits per heavy atom. The zero-order valence-corrected chi connectivity index (χ0v) is 26.6. The molecule has 9 heteroatoms. The van der Waals surface area contributed by atoms with Crippen LogP contribution in [0, 0.1) is 5.92 Å². The molecular weight excluding hydrogens is 566 g/mol. The molecule has 45 heavy (non-hydrogen) atoms. The smallest absolute Gasteiger partial charge is 0.410 e. The number of rotatable bonds is 9. The van der Waals surface area contributed by atoms with E-state index in [1.807, 2.05) is 74.2 Å². The summed E-state index contributed by atoms with van der Waals surface area (Å²) < 4.78 is 5.66. The van der Waals surface area contributed by atoms with Gasteiger partial charge in [0.2, 0.25) is 0 Å². The number of aromatic amines is 1. The first-order valence-electron chi connectivity index (χ1n) is 16.2. The van der Waals surface area contributed by atoms with Crippen LogP contribution in [0.5, 0.6) is 0 Å². The summed E-state index contributed by atoms with van der Waals surface area (Å²) in [5.74, 6) is 0.909. The number of carbonyl (C=O) groups is 3. The number of fused-ring (bicyclic) bond motifs is 2. The van der Waals surface area contributed by atoms with Gasteiger partial charge in [-0.2, -0.15) is 0 Å². The van der Waals surface area contributed by atoms with Gasteiger partial charge in [0.15, 0.2) is 11.6 Å². The predicted molar refractivity (Wildman–Crippen MR) is 175 cm³/mol. The number of amides is 1. The number of hydrogen-bond donors (Lipinski definition) is 1. The number of benzene rings is 2. The van der Waals surface area contributed by atoms with Crippen LogP contribution in [0.25, 0.3) is 21.8 Å². The molecule has 9 nitrogen and oxygen atoms in total. The second kappa shape index (κ2) is 13.1. The Balaban J connectivity index is 1.05. The summed E-state index contributed by atoms with van der Waals surface area (Å²) in [7, 11) is 0. The van der Waals surface area contributed by atoms with Gasteiger partial charge in [0.25, 0.3) is 0 Å². The number of carbonyl (C=O) groups excluding carboxylic acids is 3. The summed E-state index contributed by atoms with van der Waals surface area (Å²) >= 11 is 0. The average Bonchev–Trinajstić information content (AvgIpc) is 3.65. The minimum Gasteiger partial charge on any atom is -0.444 e. The Hall–Kier alpha value is -4.11. The summed E-state index contributed by atoms with van der Waals surface area (Å²) in [6.45, 7) is 9.28. The van der Waals surface area contributed by atoms with Gasteiger partial charge in [-0.15, -0.1) is 0 Å². The molecule has 0 bridgehead atoms. The van der Waals surface area contributed by atoms with Gasteiger partial charge >= 0.3 is 6.09 Å². The molecule has 4 heterocycles. The highest BCUT2D eigenvalue weighted by Gasteiger charge is 2.34. The molecule has 1 N–H and O–H groups in total. The number of ketones is 2. The number of pyridine rings is 1. The van der Waals surface area contributed by atoms with Gasteiger partial charge in [0.05, 0.1) is 17.5 Å². The first kappa shape index (κ1) is 30.9. The van der Waals surface area contributed by atoms with E-state index < -0.39 is 5.60 Å². The van der Waals surface area contributed by atoms with Crippen molar-refractivity contribution >= 4 is 39.5 Å². The van der Waals surface area contributed by atoms with E-state index in [1.165, 1.54) is 0 Å². The molecule has 2 aliphatic rings. The Kier molecular flexibility index (Phi) is 8.99. The average molecular weight is 610 g/mol. The van der Waals surface area contributed by atoms with Crippen LogP contribution in [0.15, 0.2) is 54.7 Å². The maximum atomic E-state index is 13.5. The van der Waals surface area contributed by atoms with Crippen molar-refractivity contribution in [1.29, 1.82) is 0 Å². The molecule has 0 saturated carbocycles. The number of nitrogens with zero attached hydrogens (tertiary/aromatic N) is 4. The zero-order valence-electron chi connectivity index (χ0n) is 26.6. The third-order valence-corrected chi connectivity index (χ3v) is 8.96. The number of ether oxygens (including phenoxy) is 1. The quantitative estimate of drug-likeness (QED) is 0.213. The summed E-state index contributed by atoms with van der Waals surface area (Å²) in [5, 5.41) is 1.95. The molecule has 2 fully saturated rings. The molecule has 1 unspecified atom stereocenters. The molecule has 2 saturated heterocycles. The number of imidazole rings is 1. The van der Waals surface area contributed by atoms with Crippen LogP contribution < -0.4 is 0 Å². The van der Waals surface area contributed by atoms with Crippen molar-refractivity contribution in [2.75, 3.05) is 26.2 Å². The van der Waals surface area contributed by atoms with Crippen molar-refractivity contribution < 1.29 is 19.1 Å². The van der Waals surface area contributed by atoms with Gasteiger partial charge in [0, 0.05) is 49.2 Å². The lowest BCUT2D eigenvalue weighted by Gasteiger charge is -2.36. The number of para-hydroxylation sites is 1. The Labute approximate surface area is 264 Å². The lowest BCUT2D eigenvalue weighted by molar-refractivity contribution is 0.0180. The van der Waals surface area contributed by atoms with Crippen molar-refractivity contribution in [1.82, 2.24) is 24.8 Å². The minimum absolute atomic E-state index is 0.0742. The predicted octanol–water partition coefficient (Wildman–Crippen LogP) is 6.61. The summed E-state index contributed by atoms with van der Waals surface area (Å²) in [6, 6.07) is 15.4. The molecule has 236 valence electrons. The summed E-state index contributed by atoms with van der Waals surface area (Å²) in [6.07, 6.45) is 7.05. The number of piperidine rings is 1. The first-order chi connectivity index (χ1) is 21.6. The van der Waals surface area contributed by atoms with E-state index in [-0.39, 0.29) is 30.1 Å². The van der Waals surface area contributed by atoms with E-state index in [2.05, 4.69) is 14.9 Å². The van der Waals surface area contributed by atoms with Crippen molar-refractivity contribution in [2.45, 2.75) is 77.4 Å². The Morgan fingerprint density at radius 3 is 2.60 bits per heavy atom. The van der Waals surface area contributed by atoms with E-state index in [0.717, 1.165) is 74.6 Å². The summed E-state index contributed by atoms with van der Waals surface area (Å²) in [4.78, 5) is 56.0. The lowest BCUT2D eigenvalue weighted by Crippen LogP contribution is -2.47. The van der Waals surface area contributed by atoms with Crippen molar-refractivity contribution in [3.05, 3.63) is 71.8 Å². The number of Topliss-reactive ketones (excluding diaryl/α,β-unsaturated/α-hetero) is 2. The third kappa shape index (κ3) is 7.41. The summed E-state index contributed by atoms with van der Waals surface area (Å²) in [5.41, 5.74) is 1.87. The topological polar surface area (TPSA) is 108 Å². The molecular formula is C36H43N5O4. The van der Waals surface area contributed by atoms with E-state index in [1.54, 1.807) is 6.20 Å². The van der Waals surface area contributed by atoms with Gasteiger partial charge in [0.1, 0.15) is 17.1 Å².